The number of piperidine rings is 1. The van der Waals surface area contributed by atoms with Crippen LogP contribution in [0.15, 0.2) is 12.4 Å². The van der Waals surface area contributed by atoms with Gasteiger partial charge in [0.25, 0.3) is 0 Å². The summed E-state index contributed by atoms with van der Waals surface area (Å²) in [6, 6.07) is 0. The number of nitrogens with one attached hydrogen (secondary N) is 1. The molecule has 1 saturated heterocycles. The topological polar surface area (TPSA) is 33.1 Å². The molecule has 4 heteroatoms. The van der Waals surface area contributed by atoms with Crippen LogP contribution in [0.25, 0.3) is 0 Å². The molecule has 1 unspecified atom stereocenters. The van der Waals surface area contributed by atoms with E-state index >= 15 is 0 Å². The van der Waals surface area contributed by atoms with E-state index in [0.29, 0.717) is 0 Å². The monoisotopic (exact) mass is 250 g/mol. The number of aryl methyl sites for hydroxylation is 1. The van der Waals surface area contributed by atoms with E-state index in [2.05, 4.69) is 28.4 Å². The van der Waals surface area contributed by atoms with E-state index in [0.717, 1.165) is 19.0 Å². The highest BCUT2D eigenvalue weighted by Crippen LogP contribution is 2.17. The van der Waals surface area contributed by atoms with Crippen LogP contribution in [0.2, 0.25) is 0 Å². The van der Waals surface area contributed by atoms with Crippen LogP contribution < -0.4 is 5.32 Å². The molecule has 0 aliphatic carbocycles. The quantitative estimate of drug-likeness (QED) is 0.779. The molecule has 0 spiro atoms. The molecule has 1 aliphatic rings. The van der Waals surface area contributed by atoms with Gasteiger partial charge in [0.1, 0.15) is 0 Å². The van der Waals surface area contributed by atoms with E-state index in [1.54, 1.807) is 0 Å². The standard InChI is InChI=1S/C14H26N4/c1-3-6-15-8-13-5-4-7-18(11-13)12-14-9-16-17(2)10-14/h9-10,13,15H,3-8,11-12H2,1-2H3. The maximum absolute atomic E-state index is 4.24. The Morgan fingerprint density at radius 2 is 2.39 bits per heavy atom. The minimum atomic E-state index is 0.821. The zero-order valence-electron chi connectivity index (χ0n) is 11.7. The fraction of sp³-hybridized carbons (Fsp3) is 0.786. The Bertz CT molecular complexity index is 347. The Labute approximate surface area is 110 Å². The average Bonchev–Trinajstić information content (AvgIpc) is 2.76. The first-order valence-electron chi connectivity index (χ1n) is 7.18. The van der Waals surface area contributed by atoms with Crippen LogP contribution in [0.4, 0.5) is 0 Å². The molecular formula is C14H26N4. The molecule has 1 N–H and O–H groups in total. The Morgan fingerprint density at radius 1 is 1.50 bits per heavy atom. The van der Waals surface area contributed by atoms with E-state index in [-0.39, 0.29) is 0 Å². The van der Waals surface area contributed by atoms with Crippen LogP contribution in [0.1, 0.15) is 31.7 Å². The summed E-state index contributed by atoms with van der Waals surface area (Å²) in [7, 11) is 1.98. The van der Waals surface area contributed by atoms with Crippen molar-refractivity contribution in [1.29, 1.82) is 0 Å². The van der Waals surface area contributed by atoms with E-state index < -0.39 is 0 Å². The lowest BCUT2D eigenvalue weighted by Gasteiger charge is -2.32. The minimum absolute atomic E-state index is 0.821. The maximum Gasteiger partial charge on any atom is 0.0534 e. The van der Waals surface area contributed by atoms with Gasteiger partial charge in [0, 0.05) is 31.9 Å². The molecule has 0 aromatic carbocycles. The van der Waals surface area contributed by atoms with Crippen molar-refractivity contribution in [3.63, 3.8) is 0 Å². The highest BCUT2D eigenvalue weighted by Gasteiger charge is 2.19. The second-order valence-electron chi connectivity index (χ2n) is 5.47. The number of nitrogens with zero attached hydrogens (tertiary/aromatic N) is 3. The lowest BCUT2D eigenvalue weighted by Crippen LogP contribution is -2.39. The van der Waals surface area contributed by atoms with Gasteiger partial charge < -0.3 is 5.32 Å². The first kappa shape index (κ1) is 13.6. The van der Waals surface area contributed by atoms with Gasteiger partial charge in [-0.1, -0.05) is 6.92 Å². The third-order valence-corrected chi connectivity index (χ3v) is 3.63. The van der Waals surface area contributed by atoms with Crippen molar-refractivity contribution in [2.45, 2.75) is 32.7 Å². The number of hydrogen-bond donors (Lipinski definition) is 1. The third-order valence-electron chi connectivity index (χ3n) is 3.63. The van der Waals surface area contributed by atoms with Crippen LogP contribution in [-0.2, 0) is 13.6 Å². The lowest BCUT2D eigenvalue weighted by atomic mass is 9.97. The summed E-state index contributed by atoms with van der Waals surface area (Å²) in [6.07, 6.45) is 8.04. The number of aromatic nitrogens is 2. The second-order valence-corrected chi connectivity index (χ2v) is 5.47. The molecule has 2 rings (SSSR count). The number of rotatable bonds is 6. The molecule has 2 heterocycles. The van der Waals surface area contributed by atoms with Crippen LogP contribution in [-0.4, -0.2) is 40.9 Å². The highest BCUT2D eigenvalue weighted by atomic mass is 15.2. The largest absolute Gasteiger partial charge is 0.316 e. The molecule has 1 aromatic heterocycles. The summed E-state index contributed by atoms with van der Waals surface area (Å²) >= 11 is 0. The van der Waals surface area contributed by atoms with Gasteiger partial charge in [0.15, 0.2) is 0 Å². The van der Waals surface area contributed by atoms with Crippen molar-refractivity contribution in [1.82, 2.24) is 20.0 Å². The molecule has 1 fully saturated rings. The summed E-state index contributed by atoms with van der Waals surface area (Å²) in [5.74, 6) is 0.821. The van der Waals surface area contributed by atoms with Crippen LogP contribution in [0.5, 0.6) is 0 Å². The summed E-state index contributed by atoms with van der Waals surface area (Å²) in [5, 5.41) is 7.79. The van der Waals surface area contributed by atoms with Crippen molar-refractivity contribution in [3.05, 3.63) is 18.0 Å². The van der Waals surface area contributed by atoms with Crippen molar-refractivity contribution >= 4 is 0 Å². The van der Waals surface area contributed by atoms with Gasteiger partial charge in [0.05, 0.1) is 6.20 Å². The molecule has 4 nitrogen and oxygen atoms in total. The Hall–Kier alpha value is -0.870. The van der Waals surface area contributed by atoms with Crippen LogP contribution in [0.3, 0.4) is 0 Å². The molecule has 1 aromatic rings. The maximum atomic E-state index is 4.24. The second kappa shape index (κ2) is 6.90. The van der Waals surface area contributed by atoms with Crippen molar-refractivity contribution < 1.29 is 0 Å². The van der Waals surface area contributed by atoms with Gasteiger partial charge in [-0.3, -0.25) is 9.58 Å². The highest BCUT2D eigenvalue weighted by molar-refractivity contribution is 5.03. The first-order valence-corrected chi connectivity index (χ1v) is 7.18. The normalized spacial score (nSPS) is 21.3. The summed E-state index contributed by atoms with van der Waals surface area (Å²) in [6.45, 7) is 8.07. The third kappa shape index (κ3) is 4.10. The van der Waals surface area contributed by atoms with Gasteiger partial charge in [-0.15, -0.1) is 0 Å². The van der Waals surface area contributed by atoms with E-state index in [9.17, 15) is 0 Å². The van der Waals surface area contributed by atoms with Crippen LogP contribution in [0, 0.1) is 5.92 Å². The fourth-order valence-electron chi connectivity index (χ4n) is 2.76. The SMILES string of the molecule is CCCNCC1CCCN(Cc2cnn(C)c2)C1. The Kier molecular flexibility index (Phi) is 5.20. The van der Waals surface area contributed by atoms with Gasteiger partial charge >= 0.3 is 0 Å². The number of hydrogen-bond acceptors (Lipinski definition) is 3. The minimum Gasteiger partial charge on any atom is -0.316 e. The predicted molar refractivity (Wildman–Crippen MR) is 74.4 cm³/mol. The van der Waals surface area contributed by atoms with Crippen molar-refractivity contribution in [2.24, 2.45) is 13.0 Å². The molecule has 18 heavy (non-hydrogen) atoms. The predicted octanol–water partition coefficient (Wildman–Crippen LogP) is 1.63. The molecule has 102 valence electrons. The molecule has 1 aliphatic heterocycles. The van der Waals surface area contributed by atoms with Gasteiger partial charge in [-0.2, -0.15) is 5.10 Å². The fourth-order valence-corrected chi connectivity index (χ4v) is 2.76. The number of likely N-dealkylation sites (tertiary alicyclic amines) is 1. The molecule has 0 amide bonds. The average molecular weight is 250 g/mol. The molecular weight excluding hydrogens is 224 g/mol. The van der Waals surface area contributed by atoms with E-state index in [1.807, 2.05) is 17.9 Å². The molecule has 0 bridgehead atoms. The van der Waals surface area contributed by atoms with Crippen LogP contribution >= 0.6 is 0 Å². The smallest absolute Gasteiger partial charge is 0.0534 e. The van der Waals surface area contributed by atoms with E-state index in [4.69, 9.17) is 0 Å². The zero-order valence-corrected chi connectivity index (χ0v) is 11.7. The van der Waals surface area contributed by atoms with E-state index in [1.165, 1.54) is 44.5 Å². The van der Waals surface area contributed by atoms with Gasteiger partial charge in [-0.25, -0.2) is 0 Å². The summed E-state index contributed by atoms with van der Waals surface area (Å²) in [4.78, 5) is 2.57. The lowest BCUT2D eigenvalue weighted by molar-refractivity contribution is 0.165. The van der Waals surface area contributed by atoms with Gasteiger partial charge in [-0.05, 0) is 44.8 Å². The molecule has 0 radical (unpaired) electrons. The Morgan fingerprint density at radius 3 is 3.11 bits per heavy atom. The molecule has 1 atom stereocenters. The first-order chi connectivity index (χ1) is 8.78. The van der Waals surface area contributed by atoms with Gasteiger partial charge in [0.2, 0.25) is 0 Å². The summed E-state index contributed by atoms with van der Waals surface area (Å²) in [5.41, 5.74) is 1.33. The summed E-state index contributed by atoms with van der Waals surface area (Å²) < 4.78 is 1.89. The van der Waals surface area contributed by atoms with Crippen molar-refractivity contribution in [3.8, 4) is 0 Å². The molecule has 0 saturated carbocycles. The zero-order chi connectivity index (χ0) is 12.8. The Balaban J connectivity index is 1.76. The van der Waals surface area contributed by atoms with Crippen molar-refractivity contribution in [2.75, 3.05) is 26.2 Å².